The Hall–Kier alpha value is -2.82. The summed E-state index contributed by atoms with van der Waals surface area (Å²) in [6, 6.07) is 9.25. The Labute approximate surface area is 141 Å². The maximum absolute atomic E-state index is 12.3. The van der Waals surface area contributed by atoms with Gasteiger partial charge in [0, 0.05) is 24.4 Å². The summed E-state index contributed by atoms with van der Waals surface area (Å²) in [6.07, 6.45) is 5.68. The van der Waals surface area contributed by atoms with Gasteiger partial charge in [0.05, 0.1) is 20.8 Å². The van der Waals surface area contributed by atoms with E-state index in [0.717, 1.165) is 11.1 Å². The highest BCUT2D eigenvalue weighted by atomic mass is 16.5. The summed E-state index contributed by atoms with van der Waals surface area (Å²) < 4.78 is 15.7. The van der Waals surface area contributed by atoms with Gasteiger partial charge in [0.1, 0.15) is 0 Å². The van der Waals surface area contributed by atoms with Crippen molar-refractivity contribution in [3.05, 3.63) is 59.4 Å². The minimum absolute atomic E-state index is 0.330. The molecule has 24 heavy (non-hydrogen) atoms. The normalized spacial score (nSPS) is 11.0. The lowest BCUT2D eigenvalue weighted by Crippen LogP contribution is -2.10. The minimum Gasteiger partial charge on any atom is -0.493 e. The maximum atomic E-state index is 12.3. The van der Waals surface area contributed by atoms with Crippen molar-refractivity contribution in [1.29, 1.82) is 0 Å². The molecular weight excluding hydrogens is 306 g/mol. The Morgan fingerprint density at radius 3 is 2.42 bits per heavy atom. The van der Waals surface area contributed by atoms with Crippen LogP contribution in [-0.4, -0.2) is 31.8 Å². The molecule has 5 nitrogen and oxygen atoms in total. The second kappa shape index (κ2) is 8.72. The first kappa shape index (κ1) is 17.5. The minimum atomic E-state index is -0.330. The van der Waals surface area contributed by atoms with E-state index in [0.29, 0.717) is 30.1 Å². The number of ether oxygens (including phenoxy) is 3. The lowest BCUT2D eigenvalue weighted by atomic mass is 10.0. The molecule has 0 fully saturated rings. The number of benzene rings is 1. The third-order valence-corrected chi connectivity index (χ3v) is 3.43. The molecule has 0 saturated carbocycles. The van der Waals surface area contributed by atoms with Gasteiger partial charge in [-0.3, -0.25) is 4.98 Å². The van der Waals surface area contributed by atoms with Crippen molar-refractivity contribution in [3.8, 4) is 11.5 Å². The summed E-state index contributed by atoms with van der Waals surface area (Å²) in [5, 5.41) is 0. The van der Waals surface area contributed by atoms with E-state index in [1.54, 1.807) is 45.7 Å². The van der Waals surface area contributed by atoms with Crippen LogP contribution in [0.3, 0.4) is 0 Å². The summed E-state index contributed by atoms with van der Waals surface area (Å²) >= 11 is 0. The van der Waals surface area contributed by atoms with Crippen LogP contribution in [0.2, 0.25) is 0 Å². The summed E-state index contributed by atoms with van der Waals surface area (Å²) in [6.45, 7) is 2.12. The lowest BCUT2D eigenvalue weighted by molar-refractivity contribution is -0.138. The molecule has 0 atom stereocenters. The number of pyridine rings is 1. The van der Waals surface area contributed by atoms with Crippen LogP contribution < -0.4 is 9.47 Å². The number of rotatable bonds is 7. The molecule has 0 aliphatic carbocycles. The fourth-order valence-corrected chi connectivity index (χ4v) is 2.27. The topological polar surface area (TPSA) is 57.7 Å². The highest BCUT2D eigenvalue weighted by Crippen LogP contribution is 2.28. The second-order valence-electron chi connectivity index (χ2n) is 5.04. The molecule has 1 heterocycles. The number of aromatic nitrogens is 1. The smallest absolute Gasteiger partial charge is 0.334 e. The molecule has 0 unspecified atom stereocenters. The zero-order chi connectivity index (χ0) is 17.4. The van der Waals surface area contributed by atoms with E-state index in [9.17, 15) is 4.79 Å². The molecule has 1 aromatic carbocycles. The molecule has 5 heteroatoms. The Kier molecular flexibility index (Phi) is 6.37. The van der Waals surface area contributed by atoms with Gasteiger partial charge in [0.2, 0.25) is 0 Å². The van der Waals surface area contributed by atoms with Gasteiger partial charge in [-0.2, -0.15) is 0 Å². The predicted molar refractivity (Wildman–Crippen MR) is 92.1 cm³/mol. The van der Waals surface area contributed by atoms with E-state index < -0.39 is 0 Å². The van der Waals surface area contributed by atoms with E-state index in [-0.39, 0.29) is 5.97 Å². The van der Waals surface area contributed by atoms with Crippen LogP contribution in [0.4, 0.5) is 0 Å². The highest BCUT2D eigenvalue weighted by Gasteiger charge is 2.13. The fourth-order valence-electron chi connectivity index (χ4n) is 2.27. The zero-order valence-electron chi connectivity index (χ0n) is 14.1. The van der Waals surface area contributed by atoms with Gasteiger partial charge in [-0.1, -0.05) is 6.07 Å². The summed E-state index contributed by atoms with van der Waals surface area (Å²) in [5.74, 6) is 0.920. The van der Waals surface area contributed by atoms with Crippen LogP contribution in [-0.2, 0) is 16.0 Å². The van der Waals surface area contributed by atoms with Gasteiger partial charge < -0.3 is 14.2 Å². The monoisotopic (exact) mass is 327 g/mol. The summed E-state index contributed by atoms with van der Waals surface area (Å²) in [5.41, 5.74) is 2.39. The number of methoxy groups -OCH3 is 2. The van der Waals surface area contributed by atoms with Crippen LogP contribution >= 0.6 is 0 Å². The first-order chi connectivity index (χ1) is 11.7. The van der Waals surface area contributed by atoms with Crippen LogP contribution in [0.25, 0.3) is 6.08 Å². The van der Waals surface area contributed by atoms with Gasteiger partial charge in [-0.15, -0.1) is 0 Å². The number of esters is 1. The van der Waals surface area contributed by atoms with Crippen molar-refractivity contribution < 1.29 is 19.0 Å². The van der Waals surface area contributed by atoms with E-state index in [1.807, 2.05) is 24.3 Å². The van der Waals surface area contributed by atoms with Crippen molar-refractivity contribution >= 4 is 12.0 Å². The molecule has 1 aromatic heterocycles. The Bertz CT molecular complexity index is 711. The second-order valence-corrected chi connectivity index (χ2v) is 5.04. The average Bonchev–Trinajstić information content (AvgIpc) is 2.62. The molecule has 0 spiro atoms. The quantitative estimate of drug-likeness (QED) is 0.577. The van der Waals surface area contributed by atoms with Gasteiger partial charge in [-0.25, -0.2) is 4.79 Å². The van der Waals surface area contributed by atoms with Gasteiger partial charge in [0.25, 0.3) is 0 Å². The van der Waals surface area contributed by atoms with Crippen molar-refractivity contribution in [1.82, 2.24) is 4.98 Å². The Morgan fingerprint density at radius 2 is 1.79 bits per heavy atom. The van der Waals surface area contributed by atoms with Crippen LogP contribution in [0.15, 0.2) is 48.3 Å². The van der Waals surface area contributed by atoms with Crippen molar-refractivity contribution in [2.45, 2.75) is 13.3 Å². The highest BCUT2D eigenvalue weighted by molar-refractivity contribution is 5.94. The molecule has 0 aliphatic heterocycles. The zero-order valence-corrected chi connectivity index (χ0v) is 14.1. The van der Waals surface area contributed by atoms with E-state index >= 15 is 0 Å². The summed E-state index contributed by atoms with van der Waals surface area (Å²) in [7, 11) is 3.16. The number of hydrogen-bond donors (Lipinski definition) is 0. The molecule has 2 aromatic rings. The molecule has 2 rings (SSSR count). The molecule has 0 aliphatic rings. The predicted octanol–water partition coefficient (Wildman–Crippen LogP) is 3.29. The Morgan fingerprint density at radius 1 is 1.08 bits per heavy atom. The van der Waals surface area contributed by atoms with E-state index in [1.165, 1.54) is 0 Å². The standard InChI is InChI=1S/C19H21NO4/c1-4-24-19(21)16(11-14-7-9-20-10-8-14)12-15-5-6-17(22-2)18(13-15)23-3/h5-10,12-13H,4,11H2,1-3H3. The Balaban J connectivity index is 2.35. The maximum Gasteiger partial charge on any atom is 0.334 e. The molecule has 0 saturated heterocycles. The number of hydrogen-bond acceptors (Lipinski definition) is 5. The van der Waals surface area contributed by atoms with Gasteiger partial charge >= 0.3 is 5.97 Å². The van der Waals surface area contributed by atoms with Crippen molar-refractivity contribution in [2.24, 2.45) is 0 Å². The lowest BCUT2D eigenvalue weighted by Gasteiger charge is -2.10. The van der Waals surface area contributed by atoms with Crippen LogP contribution in [0.5, 0.6) is 11.5 Å². The first-order valence-corrected chi connectivity index (χ1v) is 7.66. The molecule has 0 radical (unpaired) electrons. The SMILES string of the molecule is CCOC(=O)C(=Cc1ccc(OC)c(OC)c1)Cc1ccncc1. The van der Waals surface area contributed by atoms with E-state index in [2.05, 4.69) is 4.98 Å². The van der Waals surface area contributed by atoms with Crippen LogP contribution in [0.1, 0.15) is 18.1 Å². The number of carbonyl (C=O) groups excluding carboxylic acids is 1. The van der Waals surface area contributed by atoms with Crippen LogP contribution in [0, 0.1) is 0 Å². The fraction of sp³-hybridized carbons (Fsp3) is 0.263. The third-order valence-electron chi connectivity index (χ3n) is 3.43. The number of carbonyl (C=O) groups is 1. The van der Waals surface area contributed by atoms with Gasteiger partial charge in [0.15, 0.2) is 11.5 Å². The van der Waals surface area contributed by atoms with Gasteiger partial charge in [-0.05, 0) is 48.4 Å². The molecule has 0 amide bonds. The third kappa shape index (κ3) is 4.59. The molecule has 126 valence electrons. The number of nitrogens with zero attached hydrogens (tertiary/aromatic N) is 1. The largest absolute Gasteiger partial charge is 0.493 e. The molecule has 0 N–H and O–H groups in total. The van der Waals surface area contributed by atoms with Crippen molar-refractivity contribution in [3.63, 3.8) is 0 Å². The summed E-state index contributed by atoms with van der Waals surface area (Å²) in [4.78, 5) is 16.3. The molecule has 0 bridgehead atoms. The van der Waals surface area contributed by atoms with Crippen molar-refractivity contribution in [2.75, 3.05) is 20.8 Å². The first-order valence-electron chi connectivity index (χ1n) is 7.66. The average molecular weight is 327 g/mol. The van der Waals surface area contributed by atoms with E-state index in [4.69, 9.17) is 14.2 Å². The molecular formula is C19H21NO4.